The number of halogens is 1. The highest BCUT2D eigenvalue weighted by molar-refractivity contribution is 5.91. The van der Waals surface area contributed by atoms with Crippen LogP contribution in [-0.4, -0.2) is 42.4 Å². The SMILES string of the molecule is Cc1ccc(C(=O)NC2CCN(CC(=O)NCc3ccccc3F)CC2)o1. The number of hydrogen-bond acceptors (Lipinski definition) is 4. The predicted molar refractivity (Wildman–Crippen MR) is 98.6 cm³/mol. The third-order valence-electron chi connectivity index (χ3n) is 4.69. The van der Waals surface area contributed by atoms with Crippen molar-refractivity contribution < 1.29 is 18.4 Å². The van der Waals surface area contributed by atoms with E-state index >= 15 is 0 Å². The van der Waals surface area contributed by atoms with E-state index in [4.69, 9.17) is 4.42 Å². The number of nitrogens with zero attached hydrogens (tertiary/aromatic N) is 1. The number of nitrogens with one attached hydrogen (secondary N) is 2. The van der Waals surface area contributed by atoms with Crippen LogP contribution in [0, 0.1) is 12.7 Å². The average molecular weight is 373 g/mol. The first kappa shape index (κ1) is 19.1. The molecule has 27 heavy (non-hydrogen) atoms. The van der Waals surface area contributed by atoms with Crippen molar-refractivity contribution >= 4 is 11.8 Å². The normalized spacial score (nSPS) is 15.5. The van der Waals surface area contributed by atoms with Gasteiger partial charge in [-0.2, -0.15) is 0 Å². The minimum atomic E-state index is -0.318. The van der Waals surface area contributed by atoms with Gasteiger partial charge in [-0.15, -0.1) is 0 Å². The Bertz CT molecular complexity index is 797. The van der Waals surface area contributed by atoms with Gasteiger partial charge in [-0.25, -0.2) is 4.39 Å². The molecule has 1 aliphatic rings. The second-order valence-electron chi connectivity index (χ2n) is 6.80. The fraction of sp³-hybridized carbons (Fsp3) is 0.400. The number of rotatable bonds is 6. The summed E-state index contributed by atoms with van der Waals surface area (Å²) in [6.07, 6.45) is 1.54. The van der Waals surface area contributed by atoms with Gasteiger partial charge in [-0.1, -0.05) is 18.2 Å². The Kier molecular flexibility index (Phi) is 6.24. The van der Waals surface area contributed by atoms with Gasteiger partial charge in [-0.05, 0) is 38.0 Å². The lowest BCUT2D eigenvalue weighted by atomic mass is 10.0. The highest BCUT2D eigenvalue weighted by atomic mass is 19.1. The zero-order valence-electron chi connectivity index (χ0n) is 15.3. The van der Waals surface area contributed by atoms with Crippen molar-refractivity contribution in [2.45, 2.75) is 32.4 Å². The molecular weight excluding hydrogens is 349 g/mol. The molecule has 0 atom stereocenters. The molecule has 1 aromatic carbocycles. The molecule has 0 unspecified atom stereocenters. The Morgan fingerprint density at radius 2 is 1.93 bits per heavy atom. The number of hydrogen-bond donors (Lipinski definition) is 2. The summed E-state index contributed by atoms with van der Waals surface area (Å²) in [4.78, 5) is 26.2. The molecule has 0 radical (unpaired) electrons. The third-order valence-corrected chi connectivity index (χ3v) is 4.69. The summed E-state index contributed by atoms with van der Waals surface area (Å²) in [7, 11) is 0. The molecule has 2 heterocycles. The minimum absolute atomic E-state index is 0.0700. The van der Waals surface area contributed by atoms with Crippen molar-refractivity contribution in [1.82, 2.24) is 15.5 Å². The van der Waals surface area contributed by atoms with Crippen LogP contribution in [0.25, 0.3) is 0 Å². The molecule has 144 valence electrons. The van der Waals surface area contributed by atoms with E-state index < -0.39 is 0 Å². The van der Waals surface area contributed by atoms with E-state index in [9.17, 15) is 14.0 Å². The lowest BCUT2D eigenvalue weighted by Crippen LogP contribution is -2.47. The summed E-state index contributed by atoms with van der Waals surface area (Å²) < 4.78 is 18.9. The van der Waals surface area contributed by atoms with Crippen LogP contribution in [-0.2, 0) is 11.3 Å². The number of carbonyl (C=O) groups excluding carboxylic acids is 2. The largest absolute Gasteiger partial charge is 0.456 e. The molecule has 0 spiro atoms. The lowest BCUT2D eigenvalue weighted by Gasteiger charge is -2.31. The maximum absolute atomic E-state index is 13.6. The third kappa shape index (κ3) is 5.40. The van der Waals surface area contributed by atoms with E-state index in [2.05, 4.69) is 10.6 Å². The molecule has 6 nitrogen and oxygen atoms in total. The standard InChI is InChI=1S/C20H24FN3O3/c1-14-6-7-18(27-14)20(26)23-16-8-10-24(11-9-16)13-19(25)22-12-15-4-2-3-5-17(15)21/h2-7,16H,8-13H2,1H3,(H,22,25)(H,23,26). The summed E-state index contributed by atoms with van der Waals surface area (Å²) in [6, 6.07) is 9.90. The van der Waals surface area contributed by atoms with Crippen LogP contribution in [0.4, 0.5) is 4.39 Å². The van der Waals surface area contributed by atoms with Gasteiger partial charge < -0.3 is 15.1 Å². The molecule has 1 saturated heterocycles. The smallest absolute Gasteiger partial charge is 0.287 e. The van der Waals surface area contributed by atoms with Crippen LogP contribution in [0.3, 0.4) is 0 Å². The second kappa shape index (κ2) is 8.81. The molecule has 3 rings (SSSR count). The van der Waals surface area contributed by atoms with E-state index in [0.29, 0.717) is 17.1 Å². The molecule has 1 aromatic heterocycles. The van der Waals surface area contributed by atoms with Crippen molar-refractivity contribution in [1.29, 1.82) is 0 Å². The number of amides is 2. The van der Waals surface area contributed by atoms with Gasteiger partial charge in [0, 0.05) is 31.2 Å². The average Bonchev–Trinajstić information content (AvgIpc) is 3.09. The Morgan fingerprint density at radius 3 is 2.59 bits per heavy atom. The molecule has 2 aromatic rings. The Hall–Kier alpha value is -2.67. The molecule has 2 N–H and O–H groups in total. The summed E-state index contributed by atoms with van der Waals surface area (Å²) in [5.74, 6) is 0.371. The molecule has 1 fully saturated rings. The molecule has 0 saturated carbocycles. The first-order valence-corrected chi connectivity index (χ1v) is 9.11. The van der Waals surface area contributed by atoms with Gasteiger partial charge >= 0.3 is 0 Å². The number of aryl methyl sites for hydroxylation is 1. The number of carbonyl (C=O) groups is 2. The van der Waals surface area contributed by atoms with Crippen LogP contribution in [0.2, 0.25) is 0 Å². The van der Waals surface area contributed by atoms with Crippen LogP contribution < -0.4 is 10.6 Å². The highest BCUT2D eigenvalue weighted by Gasteiger charge is 2.23. The number of benzene rings is 1. The highest BCUT2D eigenvalue weighted by Crippen LogP contribution is 2.12. The maximum atomic E-state index is 13.6. The fourth-order valence-electron chi connectivity index (χ4n) is 3.14. The quantitative estimate of drug-likeness (QED) is 0.814. The van der Waals surface area contributed by atoms with Crippen LogP contribution in [0.15, 0.2) is 40.8 Å². The minimum Gasteiger partial charge on any atom is -0.456 e. The summed E-state index contributed by atoms with van der Waals surface area (Å²) in [5.41, 5.74) is 0.473. The molecule has 0 bridgehead atoms. The zero-order valence-corrected chi connectivity index (χ0v) is 15.3. The first-order valence-electron chi connectivity index (χ1n) is 9.11. The predicted octanol–water partition coefficient (Wildman–Crippen LogP) is 2.24. The molecule has 7 heteroatoms. The molecular formula is C20H24FN3O3. The van der Waals surface area contributed by atoms with E-state index in [1.54, 1.807) is 37.3 Å². The fourth-order valence-corrected chi connectivity index (χ4v) is 3.14. The van der Waals surface area contributed by atoms with Gasteiger partial charge in [0.25, 0.3) is 5.91 Å². The van der Waals surface area contributed by atoms with Crippen LogP contribution >= 0.6 is 0 Å². The Morgan fingerprint density at radius 1 is 1.19 bits per heavy atom. The van der Waals surface area contributed by atoms with E-state index in [1.165, 1.54) is 6.07 Å². The van der Waals surface area contributed by atoms with Crippen LogP contribution in [0.5, 0.6) is 0 Å². The van der Waals surface area contributed by atoms with Crippen molar-refractivity contribution in [2.75, 3.05) is 19.6 Å². The zero-order chi connectivity index (χ0) is 19.2. The van der Waals surface area contributed by atoms with E-state index in [1.807, 2.05) is 4.90 Å². The van der Waals surface area contributed by atoms with Crippen molar-refractivity contribution in [3.8, 4) is 0 Å². The van der Waals surface area contributed by atoms with Crippen molar-refractivity contribution in [3.63, 3.8) is 0 Å². The van der Waals surface area contributed by atoms with E-state index in [0.717, 1.165) is 25.9 Å². The van der Waals surface area contributed by atoms with Crippen LogP contribution in [0.1, 0.15) is 34.7 Å². The van der Waals surface area contributed by atoms with Gasteiger partial charge in [0.15, 0.2) is 5.76 Å². The van der Waals surface area contributed by atoms with Gasteiger partial charge in [0.2, 0.25) is 5.91 Å². The Labute approximate surface area is 157 Å². The number of piperidine rings is 1. The summed E-state index contributed by atoms with van der Waals surface area (Å²) in [5, 5.41) is 5.73. The lowest BCUT2D eigenvalue weighted by molar-refractivity contribution is -0.122. The van der Waals surface area contributed by atoms with E-state index in [-0.39, 0.29) is 36.8 Å². The molecule has 1 aliphatic heterocycles. The Balaban J connectivity index is 1.38. The van der Waals surface area contributed by atoms with Gasteiger partial charge in [-0.3, -0.25) is 14.5 Å². The van der Waals surface area contributed by atoms with Crippen molar-refractivity contribution in [3.05, 3.63) is 59.3 Å². The summed E-state index contributed by atoms with van der Waals surface area (Å²) in [6.45, 7) is 3.68. The monoisotopic (exact) mass is 373 g/mol. The molecule has 0 aliphatic carbocycles. The van der Waals surface area contributed by atoms with Crippen molar-refractivity contribution in [2.24, 2.45) is 0 Å². The topological polar surface area (TPSA) is 74.6 Å². The first-order chi connectivity index (χ1) is 13.0. The van der Waals surface area contributed by atoms with Gasteiger partial charge in [0.05, 0.1) is 6.54 Å². The second-order valence-corrected chi connectivity index (χ2v) is 6.80. The number of furan rings is 1. The van der Waals surface area contributed by atoms with Gasteiger partial charge in [0.1, 0.15) is 11.6 Å². The maximum Gasteiger partial charge on any atom is 0.287 e. The summed E-state index contributed by atoms with van der Waals surface area (Å²) >= 11 is 0. The number of likely N-dealkylation sites (tertiary alicyclic amines) is 1. The molecule has 2 amide bonds.